The van der Waals surface area contributed by atoms with E-state index in [0.29, 0.717) is 29.5 Å². The first-order chi connectivity index (χ1) is 18.7. The highest BCUT2D eigenvalue weighted by Gasteiger charge is 2.36. The SMILES string of the molecule is CCCCOc1cccc(C(O)c2cccc(NC(=O)c3cc(C(F)(F)F)nn3-c3cccc(C#N)c3)c2)c1. The fourth-order valence-corrected chi connectivity index (χ4v) is 3.87. The van der Waals surface area contributed by atoms with Gasteiger partial charge in [0.2, 0.25) is 0 Å². The Balaban J connectivity index is 1.60. The second kappa shape index (κ2) is 11.8. The maximum Gasteiger partial charge on any atom is 0.435 e. The predicted octanol–water partition coefficient (Wildman–Crippen LogP) is 6.28. The number of carbonyl (C=O) groups is 1. The van der Waals surface area contributed by atoms with Gasteiger partial charge in [-0.2, -0.15) is 23.5 Å². The molecule has 200 valence electrons. The Morgan fingerprint density at radius 3 is 2.51 bits per heavy atom. The van der Waals surface area contributed by atoms with E-state index in [-0.39, 0.29) is 22.6 Å². The summed E-state index contributed by atoms with van der Waals surface area (Å²) in [7, 11) is 0. The van der Waals surface area contributed by atoms with Crippen LogP contribution in [0, 0.1) is 11.3 Å². The molecule has 0 spiro atoms. The number of carbonyl (C=O) groups excluding carboxylic acids is 1. The molecular formula is C29H25F3N4O3. The number of rotatable bonds is 9. The summed E-state index contributed by atoms with van der Waals surface area (Å²) in [5.74, 6) is -0.225. The second-order valence-corrected chi connectivity index (χ2v) is 8.74. The molecule has 0 aliphatic heterocycles. The van der Waals surface area contributed by atoms with Crippen molar-refractivity contribution in [2.45, 2.75) is 32.0 Å². The summed E-state index contributed by atoms with van der Waals surface area (Å²) in [5, 5.41) is 26.3. The number of ether oxygens (including phenoxy) is 1. The lowest BCUT2D eigenvalue weighted by molar-refractivity contribution is -0.141. The Labute approximate surface area is 223 Å². The zero-order valence-corrected chi connectivity index (χ0v) is 20.9. The summed E-state index contributed by atoms with van der Waals surface area (Å²) in [6.07, 6.45) is -3.92. The Kier molecular flexibility index (Phi) is 8.32. The largest absolute Gasteiger partial charge is 0.494 e. The Bertz CT molecular complexity index is 1510. The number of hydrogen-bond donors (Lipinski definition) is 2. The molecule has 1 heterocycles. The van der Waals surface area contributed by atoms with Crippen LogP contribution in [-0.4, -0.2) is 27.4 Å². The number of alkyl halides is 3. The Morgan fingerprint density at radius 1 is 1.08 bits per heavy atom. The molecule has 0 saturated heterocycles. The highest BCUT2D eigenvalue weighted by molar-refractivity contribution is 6.03. The molecule has 4 aromatic rings. The number of nitriles is 1. The molecule has 0 aliphatic carbocycles. The number of anilines is 1. The van der Waals surface area contributed by atoms with Gasteiger partial charge in [0.1, 0.15) is 17.5 Å². The van der Waals surface area contributed by atoms with E-state index < -0.39 is 23.9 Å². The zero-order chi connectivity index (χ0) is 28.0. The van der Waals surface area contributed by atoms with Crippen LogP contribution in [-0.2, 0) is 6.18 Å². The minimum atomic E-state index is -4.79. The average molecular weight is 535 g/mol. The number of halogens is 3. The van der Waals surface area contributed by atoms with E-state index >= 15 is 0 Å². The van der Waals surface area contributed by atoms with E-state index in [0.717, 1.165) is 17.5 Å². The first kappa shape index (κ1) is 27.4. The number of unbranched alkanes of at least 4 members (excludes halogenated alkanes) is 1. The minimum absolute atomic E-state index is 0.125. The fourth-order valence-electron chi connectivity index (χ4n) is 3.87. The number of nitrogens with zero attached hydrogens (tertiary/aromatic N) is 3. The number of aliphatic hydroxyl groups excluding tert-OH is 1. The highest BCUT2D eigenvalue weighted by Crippen LogP contribution is 2.31. The molecule has 2 N–H and O–H groups in total. The lowest BCUT2D eigenvalue weighted by Crippen LogP contribution is -2.17. The molecule has 0 radical (unpaired) electrons. The van der Waals surface area contributed by atoms with Crippen molar-refractivity contribution in [3.63, 3.8) is 0 Å². The van der Waals surface area contributed by atoms with Gasteiger partial charge in [-0.05, 0) is 60.0 Å². The van der Waals surface area contributed by atoms with E-state index in [2.05, 4.69) is 17.3 Å². The van der Waals surface area contributed by atoms with Gasteiger partial charge in [0.05, 0.1) is 23.9 Å². The van der Waals surface area contributed by atoms with Gasteiger partial charge in [0, 0.05) is 11.8 Å². The molecule has 7 nitrogen and oxygen atoms in total. The Morgan fingerprint density at radius 2 is 1.79 bits per heavy atom. The van der Waals surface area contributed by atoms with E-state index in [1.807, 2.05) is 6.07 Å². The summed E-state index contributed by atoms with van der Waals surface area (Å²) in [6, 6.07) is 21.7. The van der Waals surface area contributed by atoms with Crippen LogP contribution in [0.5, 0.6) is 5.75 Å². The molecule has 3 aromatic carbocycles. The quantitative estimate of drug-likeness (QED) is 0.246. The molecule has 0 saturated carbocycles. The normalized spacial score (nSPS) is 12.0. The molecule has 1 amide bonds. The number of benzene rings is 3. The summed E-state index contributed by atoms with van der Waals surface area (Å²) < 4.78 is 46.9. The van der Waals surface area contributed by atoms with Crippen molar-refractivity contribution in [3.8, 4) is 17.5 Å². The zero-order valence-electron chi connectivity index (χ0n) is 20.9. The van der Waals surface area contributed by atoms with Crippen molar-refractivity contribution in [3.05, 3.63) is 107 Å². The van der Waals surface area contributed by atoms with Crippen LogP contribution in [0.1, 0.15) is 58.7 Å². The number of amides is 1. The first-order valence-corrected chi connectivity index (χ1v) is 12.2. The molecule has 1 atom stereocenters. The van der Waals surface area contributed by atoms with Crippen LogP contribution in [0.25, 0.3) is 5.69 Å². The smallest absolute Gasteiger partial charge is 0.435 e. The van der Waals surface area contributed by atoms with Crippen LogP contribution in [0.3, 0.4) is 0 Å². The minimum Gasteiger partial charge on any atom is -0.494 e. The van der Waals surface area contributed by atoms with Crippen molar-refractivity contribution in [2.75, 3.05) is 11.9 Å². The van der Waals surface area contributed by atoms with Gasteiger partial charge in [-0.1, -0.05) is 43.7 Å². The molecule has 0 aliphatic rings. The van der Waals surface area contributed by atoms with Gasteiger partial charge >= 0.3 is 6.18 Å². The van der Waals surface area contributed by atoms with Crippen LogP contribution in [0.15, 0.2) is 78.9 Å². The molecule has 0 bridgehead atoms. The molecule has 1 aromatic heterocycles. The van der Waals surface area contributed by atoms with Gasteiger partial charge in [-0.15, -0.1) is 0 Å². The van der Waals surface area contributed by atoms with E-state index in [1.165, 1.54) is 30.3 Å². The predicted molar refractivity (Wildman–Crippen MR) is 139 cm³/mol. The van der Waals surface area contributed by atoms with Gasteiger partial charge in [0.25, 0.3) is 5.91 Å². The third-order valence-electron chi connectivity index (χ3n) is 5.85. The molecule has 4 rings (SSSR count). The van der Waals surface area contributed by atoms with Gasteiger partial charge in [-0.3, -0.25) is 4.79 Å². The third-order valence-corrected chi connectivity index (χ3v) is 5.85. The average Bonchev–Trinajstić information content (AvgIpc) is 3.40. The van der Waals surface area contributed by atoms with Crippen LogP contribution >= 0.6 is 0 Å². The second-order valence-electron chi connectivity index (χ2n) is 8.74. The monoisotopic (exact) mass is 534 g/mol. The summed E-state index contributed by atoms with van der Waals surface area (Å²) in [6.45, 7) is 2.62. The summed E-state index contributed by atoms with van der Waals surface area (Å²) in [5.41, 5.74) is 0.00585. The Hall–Kier alpha value is -4.62. The van der Waals surface area contributed by atoms with E-state index in [1.54, 1.807) is 42.5 Å². The maximum atomic E-state index is 13.5. The van der Waals surface area contributed by atoms with Crippen LogP contribution < -0.4 is 10.1 Å². The highest BCUT2D eigenvalue weighted by atomic mass is 19.4. The number of aliphatic hydroxyl groups is 1. The summed E-state index contributed by atoms with van der Waals surface area (Å²) in [4.78, 5) is 13.1. The van der Waals surface area contributed by atoms with Gasteiger partial charge in [0.15, 0.2) is 5.69 Å². The molecule has 39 heavy (non-hydrogen) atoms. The lowest BCUT2D eigenvalue weighted by atomic mass is 10.0. The number of aromatic nitrogens is 2. The summed E-state index contributed by atoms with van der Waals surface area (Å²) >= 11 is 0. The van der Waals surface area contributed by atoms with Crippen molar-refractivity contribution in [1.29, 1.82) is 5.26 Å². The van der Waals surface area contributed by atoms with Crippen LogP contribution in [0.2, 0.25) is 0 Å². The topological polar surface area (TPSA) is 100 Å². The van der Waals surface area contributed by atoms with Crippen molar-refractivity contribution in [1.82, 2.24) is 9.78 Å². The lowest BCUT2D eigenvalue weighted by Gasteiger charge is -2.15. The molecule has 1 unspecified atom stereocenters. The van der Waals surface area contributed by atoms with E-state index in [9.17, 15) is 23.1 Å². The van der Waals surface area contributed by atoms with Crippen molar-refractivity contribution >= 4 is 11.6 Å². The standard InChI is InChI=1S/C29H25F3N4O3/c1-2-3-13-39-24-12-6-9-21(16-24)27(37)20-8-5-10-22(15-20)34-28(38)25-17-26(29(30,31)32)35-36(25)23-11-4-7-19(14-23)18-33/h4-12,14-17,27,37H,2-3,13H2,1H3,(H,34,38). The van der Waals surface area contributed by atoms with Gasteiger partial charge in [-0.25, -0.2) is 4.68 Å². The van der Waals surface area contributed by atoms with Crippen molar-refractivity contribution < 1.29 is 27.8 Å². The maximum absolute atomic E-state index is 13.5. The third kappa shape index (κ3) is 6.64. The number of nitrogens with one attached hydrogen (secondary N) is 1. The molecule has 0 fully saturated rings. The van der Waals surface area contributed by atoms with E-state index in [4.69, 9.17) is 10.00 Å². The first-order valence-electron chi connectivity index (χ1n) is 12.2. The molecular weight excluding hydrogens is 509 g/mol. The van der Waals surface area contributed by atoms with Crippen LogP contribution in [0.4, 0.5) is 18.9 Å². The van der Waals surface area contributed by atoms with Gasteiger partial charge < -0.3 is 15.2 Å². The van der Waals surface area contributed by atoms with Crippen molar-refractivity contribution in [2.24, 2.45) is 0 Å². The molecule has 10 heteroatoms. The number of hydrogen-bond acceptors (Lipinski definition) is 5. The fraction of sp³-hybridized carbons (Fsp3) is 0.207.